The van der Waals surface area contributed by atoms with Crippen LogP contribution in [0.1, 0.15) is 31.9 Å². The molecule has 0 saturated heterocycles. The van der Waals surface area contributed by atoms with Crippen LogP contribution in [0.2, 0.25) is 0 Å². The molecule has 2 atom stereocenters. The van der Waals surface area contributed by atoms with Crippen LogP contribution in [0.25, 0.3) is 0 Å². The smallest absolute Gasteiger partial charge is 0.186 e. The van der Waals surface area contributed by atoms with E-state index in [-0.39, 0.29) is 5.82 Å². The zero-order chi connectivity index (χ0) is 12.3. The number of hydrogen-bond acceptors (Lipinski definition) is 4. The summed E-state index contributed by atoms with van der Waals surface area (Å²) in [5.74, 6) is 1.14. The van der Waals surface area contributed by atoms with Crippen molar-refractivity contribution in [2.24, 2.45) is 0 Å². The highest BCUT2D eigenvalue weighted by atomic mass is 32.2. The van der Waals surface area contributed by atoms with Gasteiger partial charge in [-0.15, -0.1) is 0 Å². The van der Waals surface area contributed by atoms with Crippen LogP contribution in [0.3, 0.4) is 0 Å². The number of aryl methyl sites for hydroxylation is 1. The minimum Gasteiger partial charge on any atom is -0.364 e. The highest BCUT2D eigenvalue weighted by Gasteiger charge is 2.28. The van der Waals surface area contributed by atoms with Gasteiger partial charge in [-0.2, -0.15) is 11.8 Å². The van der Waals surface area contributed by atoms with E-state index in [1.807, 2.05) is 11.8 Å². The van der Waals surface area contributed by atoms with Crippen LogP contribution in [-0.4, -0.2) is 27.0 Å². The van der Waals surface area contributed by atoms with E-state index in [1.165, 1.54) is 19.2 Å². The molecule has 2 unspecified atom stereocenters. The summed E-state index contributed by atoms with van der Waals surface area (Å²) in [4.78, 5) is 7.83. The molecule has 2 rings (SSSR count). The van der Waals surface area contributed by atoms with E-state index >= 15 is 0 Å². The van der Waals surface area contributed by atoms with Gasteiger partial charge in [0.25, 0.3) is 0 Å². The molecule has 0 bridgehead atoms. The summed E-state index contributed by atoms with van der Waals surface area (Å²) in [6, 6.07) is 0.337. The lowest BCUT2D eigenvalue weighted by Gasteiger charge is -2.20. The van der Waals surface area contributed by atoms with Crippen LogP contribution in [-0.2, 0) is 0 Å². The number of aromatic nitrogens is 2. The number of anilines is 1. The maximum atomic E-state index is 13.8. The van der Waals surface area contributed by atoms with Gasteiger partial charge in [0.2, 0.25) is 0 Å². The topological polar surface area (TPSA) is 37.8 Å². The number of hydrogen-bond donors (Lipinski definition) is 1. The maximum Gasteiger partial charge on any atom is 0.186 e. The van der Waals surface area contributed by atoms with Crippen LogP contribution in [0.4, 0.5) is 10.2 Å². The van der Waals surface area contributed by atoms with E-state index in [9.17, 15) is 4.39 Å². The first-order valence-electron chi connectivity index (χ1n) is 6.07. The summed E-state index contributed by atoms with van der Waals surface area (Å²) >= 11 is 1.95. The minimum absolute atomic E-state index is 0.320. The standard InChI is InChI=1S/C12H18FN3S/c1-3-17-10-6-4-5-9(10)16-12-11(13)8(2)14-7-15-12/h7,9-10H,3-6H2,1-2H3,(H,14,15,16). The summed E-state index contributed by atoms with van der Waals surface area (Å²) < 4.78 is 13.8. The molecule has 1 aliphatic rings. The van der Waals surface area contributed by atoms with Crippen molar-refractivity contribution < 1.29 is 4.39 Å². The molecule has 1 aromatic rings. The van der Waals surface area contributed by atoms with Crippen molar-refractivity contribution in [3.05, 3.63) is 17.8 Å². The molecule has 0 amide bonds. The van der Waals surface area contributed by atoms with Crippen molar-refractivity contribution in [2.75, 3.05) is 11.1 Å². The molecule has 1 saturated carbocycles. The molecule has 3 nitrogen and oxygen atoms in total. The molecule has 0 radical (unpaired) electrons. The van der Waals surface area contributed by atoms with Gasteiger partial charge in [-0.25, -0.2) is 14.4 Å². The third kappa shape index (κ3) is 2.89. The molecule has 1 aromatic heterocycles. The molecule has 1 aliphatic carbocycles. The van der Waals surface area contributed by atoms with Crippen LogP contribution in [0, 0.1) is 12.7 Å². The summed E-state index contributed by atoms with van der Waals surface area (Å²) in [7, 11) is 0. The molecule has 0 aliphatic heterocycles. The minimum atomic E-state index is -0.320. The third-order valence-electron chi connectivity index (χ3n) is 3.12. The fourth-order valence-electron chi connectivity index (χ4n) is 2.24. The Bertz CT molecular complexity index is 386. The molecule has 0 aromatic carbocycles. The third-order valence-corrected chi connectivity index (χ3v) is 4.44. The Labute approximate surface area is 106 Å². The molecule has 94 valence electrons. The van der Waals surface area contributed by atoms with E-state index in [1.54, 1.807) is 6.92 Å². The van der Waals surface area contributed by atoms with Gasteiger partial charge in [-0.05, 0) is 25.5 Å². The number of halogens is 1. The Balaban J connectivity index is 2.07. The molecule has 5 heteroatoms. The Morgan fingerprint density at radius 1 is 1.47 bits per heavy atom. The van der Waals surface area contributed by atoms with E-state index in [4.69, 9.17) is 0 Å². The Morgan fingerprint density at radius 3 is 3.06 bits per heavy atom. The van der Waals surface area contributed by atoms with E-state index in [2.05, 4.69) is 22.2 Å². The lowest BCUT2D eigenvalue weighted by atomic mass is 10.2. The second kappa shape index (κ2) is 5.67. The van der Waals surface area contributed by atoms with Crippen LogP contribution in [0.15, 0.2) is 6.33 Å². The predicted molar refractivity (Wildman–Crippen MR) is 69.9 cm³/mol. The van der Waals surface area contributed by atoms with Gasteiger partial charge in [0.15, 0.2) is 11.6 Å². The Hall–Kier alpha value is -0.840. The number of rotatable bonds is 4. The summed E-state index contributed by atoms with van der Waals surface area (Å²) in [5, 5.41) is 3.82. The average Bonchev–Trinajstić information content (AvgIpc) is 2.73. The molecule has 0 spiro atoms. The Morgan fingerprint density at radius 2 is 2.29 bits per heavy atom. The number of thioether (sulfide) groups is 1. The van der Waals surface area contributed by atoms with E-state index < -0.39 is 0 Å². The molecular formula is C12H18FN3S. The highest BCUT2D eigenvalue weighted by molar-refractivity contribution is 7.99. The van der Waals surface area contributed by atoms with Gasteiger partial charge in [0.1, 0.15) is 6.33 Å². The molecular weight excluding hydrogens is 237 g/mol. The van der Waals surface area contributed by atoms with Crippen molar-refractivity contribution in [1.29, 1.82) is 0 Å². The fourth-order valence-corrected chi connectivity index (χ4v) is 3.44. The monoisotopic (exact) mass is 255 g/mol. The zero-order valence-corrected chi connectivity index (χ0v) is 11.1. The van der Waals surface area contributed by atoms with Gasteiger partial charge >= 0.3 is 0 Å². The zero-order valence-electron chi connectivity index (χ0n) is 10.2. The van der Waals surface area contributed by atoms with Crippen molar-refractivity contribution in [2.45, 2.75) is 44.4 Å². The number of nitrogens with one attached hydrogen (secondary N) is 1. The quantitative estimate of drug-likeness (QED) is 0.897. The predicted octanol–water partition coefficient (Wildman–Crippen LogP) is 3.01. The molecule has 17 heavy (non-hydrogen) atoms. The van der Waals surface area contributed by atoms with Gasteiger partial charge in [-0.3, -0.25) is 0 Å². The molecule has 1 heterocycles. The van der Waals surface area contributed by atoms with E-state index in [0.29, 0.717) is 22.8 Å². The lowest BCUT2D eigenvalue weighted by Crippen LogP contribution is -2.27. The first-order chi connectivity index (χ1) is 8.22. The number of nitrogens with zero attached hydrogens (tertiary/aromatic N) is 2. The average molecular weight is 255 g/mol. The van der Waals surface area contributed by atoms with Crippen molar-refractivity contribution in [1.82, 2.24) is 9.97 Å². The Kier molecular flexibility index (Phi) is 4.20. The summed E-state index contributed by atoms with van der Waals surface area (Å²) in [6.07, 6.45) is 4.93. The second-order valence-corrected chi connectivity index (χ2v) is 5.81. The van der Waals surface area contributed by atoms with Gasteiger partial charge in [-0.1, -0.05) is 13.3 Å². The first kappa shape index (κ1) is 12.6. The highest BCUT2D eigenvalue weighted by Crippen LogP contribution is 2.32. The van der Waals surface area contributed by atoms with Gasteiger partial charge in [0, 0.05) is 11.3 Å². The van der Waals surface area contributed by atoms with Crippen LogP contribution >= 0.6 is 11.8 Å². The van der Waals surface area contributed by atoms with E-state index in [0.717, 1.165) is 12.2 Å². The summed E-state index contributed by atoms with van der Waals surface area (Å²) in [6.45, 7) is 3.82. The van der Waals surface area contributed by atoms with Gasteiger partial charge < -0.3 is 5.32 Å². The summed E-state index contributed by atoms with van der Waals surface area (Å²) in [5.41, 5.74) is 0.403. The lowest BCUT2D eigenvalue weighted by molar-refractivity contribution is 0.599. The SMILES string of the molecule is CCSC1CCCC1Nc1ncnc(C)c1F. The first-order valence-corrected chi connectivity index (χ1v) is 7.12. The van der Waals surface area contributed by atoms with Gasteiger partial charge in [0.05, 0.1) is 5.69 Å². The van der Waals surface area contributed by atoms with Crippen molar-refractivity contribution >= 4 is 17.6 Å². The van der Waals surface area contributed by atoms with Crippen molar-refractivity contribution in [3.8, 4) is 0 Å². The largest absolute Gasteiger partial charge is 0.364 e. The maximum absolute atomic E-state index is 13.8. The molecule has 1 N–H and O–H groups in total. The normalized spacial score (nSPS) is 23.9. The van der Waals surface area contributed by atoms with Crippen LogP contribution < -0.4 is 5.32 Å². The molecule has 1 fully saturated rings. The fraction of sp³-hybridized carbons (Fsp3) is 0.667. The van der Waals surface area contributed by atoms with Crippen LogP contribution in [0.5, 0.6) is 0 Å². The second-order valence-electron chi connectivity index (χ2n) is 4.30. The van der Waals surface area contributed by atoms with Crippen molar-refractivity contribution in [3.63, 3.8) is 0 Å².